The van der Waals surface area contributed by atoms with E-state index in [1.807, 2.05) is 0 Å². The molecule has 13 heteroatoms. The Labute approximate surface area is 187 Å². The Morgan fingerprint density at radius 2 is 2.06 bits per heavy atom. The summed E-state index contributed by atoms with van der Waals surface area (Å²) >= 11 is 0. The first kappa shape index (κ1) is 23.7. The number of ether oxygens (including phenoxy) is 1. The summed E-state index contributed by atoms with van der Waals surface area (Å²) in [5.74, 6) is 0.691. The van der Waals surface area contributed by atoms with Crippen LogP contribution in [-0.2, 0) is 31.2 Å². The molecule has 11 nitrogen and oxygen atoms in total. The summed E-state index contributed by atoms with van der Waals surface area (Å²) in [6.07, 6.45) is -0.478. The summed E-state index contributed by atoms with van der Waals surface area (Å²) in [4.78, 5) is 31.3. The molecule has 2 aromatic heterocycles. The Morgan fingerprint density at radius 3 is 2.69 bits per heavy atom. The molecular formula is C19H31N4O7PSi. The van der Waals surface area contributed by atoms with Crippen LogP contribution in [0.5, 0.6) is 0 Å². The van der Waals surface area contributed by atoms with E-state index in [9.17, 15) is 19.4 Å². The van der Waals surface area contributed by atoms with Crippen molar-refractivity contribution in [2.45, 2.75) is 82.8 Å². The normalized spacial score (nSPS) is 27.2. The molecule has 2 aliphatic heterocycles. The van der Waals surface area contributed by atoms with Gasteiger partial charge in [0.2, 0.25) is 0 Å². The Hall–Kier alpha value is -1.40. The third kappa shape index (κ3) is 4.02. The molecule has 0 aliphatic carbocycles. The van der Waals surface area contributed by atoms with Crippen molar-refractivity contribution in [1.29, 1.82) is 0 Å². The molecule has 0 spiro atoms. The molecule has 1 fully saturated rings. The molecule has 0 amide bonds. The van der Waals surface area contributed by atoms with Crippen molar-refractivity contribution in [2.24, 2.45) is 0 Å². The van der Waals surface area contributed by atoms with E-state index >= 15 is 0 Å². The molecule has 32 heavy (non-hydrogen) atoms. The van der Waals surface area contributed by atoms with Crippen molar-refractivity contribution in [1.82, 2.24) is 19.1 Å². The van der Waals surface area contributed by atoms with E-state index in [4.69, 9.17) is 13.7 Å². The molecule has 1 saturated heterocycles. The van der Waals surface area contributed by atoms with Crippen molar-refractivity contribution in [3.05, 3.63) is 22.5 Å². The average molecular weight is 487 g/mol. The van der Waals surface area contributed by atoms with Gasteiger partial charge in [0.15, 0.2) is 25.7 Å². The zero-order valence-corrected chi connectivity index (χ0v) is 20.9. The van der Waals surface area contributed by atoms with Gasteiger partial charge in [0.25, 0.3) is 5.56 Å². The van der Waals surface area contributed by atoms with Gasteiger partial charge in [-0.25, -0.2) is 9.97 Å². The maximum Gasteiger partial charge on any atom is 0.317 e. The highest BCUT2D eigenvalue weighted by Crippen LogP contribution is 2.44. The SMILES string of the molecule is CC(C)(C)[Si](C)(C)O[C@@H]1[C@H](O[PH](=O)O)[C@@H](CO)O[C@H]1n1cnc2c(=O)n3c(nc21)CCC3. The summed E-state index contributed by atoms with van der Waals surface area (Å²) < 4.78 is 32.9. The lowest BCUT2D eigenvalue weighted by atomic mass is 10.1. The molecule has 178 valence electrons. The summed E-state index contributed by atoms with van der Waals surface area (Å²) in [5, 5.41) is 9.76. The maximum atomic E-state index is 12.9. The van der Waals surface area contributed by atoms with Gasteiger partial charge in [-0.1, -0.05) is 20.8 Å². The van der Waals surface area contributed by atoms with Gasteiger partial charge in [0.05, 0.1) is 12.9 Å². The minimum absolute atomic E-state index is 0.154. The molecule has 0 aromatic carbocycles. The standard InChI is InChI=1S/C19H31N4O7PSi/c1-19(2,3)32(4,5)30-15-14(29-31(26)27)11(9-24)28-18(15)23-10-20-13-16(23)21-12-7-6-8-22(12)17(13)25/h10-11,14-15,18,24,31H,6-9H2,1-5H3,(H,26,27)/t11-,14-,15-,18-/m1/s1. The highest BCUT2D eigenvalue weighted by molar-refractivity contribution is 7.32. The van der Waals surface area contributed by atoms with E-state index in [1.54, 1.807) is 9.13 Å². The van der Waals surface area contributed by atoms with Crippen molar-refractivity contribution < 1.29 is 28.3 Å². The van der Waals surface area contributed by atoms with Crippen LogP contribution in [0.1, 0.15) is 39.2 Å². The second-order valence-electron chi connectivity index (χ2n) is 9.85. The number of imidazole rings is 1. The Bertz CT molecular complexity index is 1100. The van der Waals surface area contributed by atoms with E-state index in [0.717, 1.165) is 6.42 Å². The zero-order valence-electron chi connectivity index (χ0n) is 18.9. The summed E-state index contributed by atoms with van der Waals surface area (Å²) in [6.45, 7) is 10.5. The van der Waals surface area contributed by atoms with Crippen LogP contribution in [0.4, 0.5) is 0 Å². The number of aliphatic hydroxyl groups is 1. The minimum atomic E-state index is -3.33. The first-order chi connectivity index (χ1) is 14.9. The molecule has 4 heterocycles. The third-order valence-electron chi connectivity index (χ3n) is 6.76. The number of nitrogens with zero attached hydrogens (tertiary/aromatic N) is 4. The molecule has 2 aliphatic rings. The Balaban J connectivity index is 1.81. The second kappa shape index (κ2) is 8.43. The second-order valence-corrected chi connectivity index (χ2v) is 15.4. The molecular weight excluding hydrogens is 455 g/mol. The molecule has 0 radical (unpaired) electrons. The summed E-state index contributed by atoms with van der Waals surface area (Å²) in [6, 6.07) is 0. The van der Waals surface area contributed by atoms with Crippen LogP contribution in [0.15, 0.2) is 11.1 Å². The average Bonchev–Trinajstić information content (AvgIpc) is 3.39. The monoisotopic (exact) mass is 486 g/mol. The predicted octanol–water partition coefficient (Wildman–Crippen LogP) is 1.59. The van der Waals surface area contributed by atoms with Crippen molar-refractivity contribution in [3.8, 4) is 0 Å². The lowest BCUT2D eigenvalue weighted by Gasteiger charge is -2.40. The third-order valence-corrected chi connectivity index (χ3v) is 11.7. The molecule has 5 atom stereocenters. The minimum Gasteiger partial charge on any atom is -0.407 e. The van der Waals surface area contributed by atoms with Crippen LogP contribution in [-0.4, -0.2) is 62.3 Å². The first-order valence-electron chi connectivity index (χ1n) is 10.7. The van der Waals surface area contributed by atoms with Crippen molar-refractivity contribution >= 4 is 27.7 Å². The Kier molecular flexibility index (Phi) is 6.25. The van der Waals surface area contributed by atoms with E-state index in [2.05, 4.69) is 43.8 Å². The van der Waals surface area contributed by atoms with Gasteiger partial charge >= 0.3 is 8.25 Å². The fourth-order valence-corrected chi connectivity index (χ4v) is 5.83. The van der Waals surface area contributed by atoms with Gasteiger partial charge < -0.3 is 23.7 Å². The largest absolute Gasteiger partial charge is 0.407 e. The van der Waals surface area contributed by atoms with Crippen LogP contribution in [0, 0.1) is 0 Å². The smallest absolute Gasteiger partial charge is 0.317 e. The van der Waals surface area contributed by atoms with Gasteiger partial charge in [-0.2, -0.15) is 0 Å². The number of hydrogen-bond donors (Lipinski definition) is 2. The molecule has 2 aromatic rings. The van der Waals surface area contributed by atoms with Crippen LogP contribution in [0.25, 0.3) is 11.2 Å². The fraction of sp³-hybridized carbons (Fsp3) is 0.737. The van der Waals surface area contributed by atoms with Gasteiger partial charge in [0, 0.05) is 13.0 Å². The highest BCUT2D eigenvalue weighted by Gasteiger charge is 2.52. The molecule has 0 bridgehead atoms. The van der Waals surface area contributed by atoms with E-state index in [1.165, 1.54) is 6.33 Å². The van der Waals surface area contributed by atoms with E-state index in [0.29, 0.717) is 24.4 Å². The van der Waals surface area contributed by atoms with Crippen LogP contribution >= 0.6 is 8.25 Å². The first-order valence-corrected chi connectivity index (χ1v) is 14.9. The molecule has 0 saturated carbocycles. The lowest BCUT2D eigenvalue weighted by Crippen LogP contribution is -2.49. The number of aromatic nitrogens is 4. The number of aryl methyl sites for hydroxylation is 1. The van der Waals surface area contributed by atoms with Crippen LogP contribution < -0.4 is 5.56 Å². The Morgan fingerprint density at radius 1 is 1.34 bits per heavy atom. The highest BCUT2D eigenvalue weighted by atomic mass is 31.1. The summed E-state index contributed by atoms with van der Waals surface area (Å²) in [7, 11) is -5.72. The van der Waals surface area contributed by atoms with E-state index in [-0.39, 0.29) is 16.1 Å². The maximum absolute atomic E-state index is 12.9. The van der Waals surface area contributed by atoms with Gasteiger partial charge in [0.1, 0.15) is 24.1 Å². The van der Waals surface area contributed by atoms with Crippen molar-refractivity contribution in [3.63, 3.8) is 0 Å². The fourth-order valence-electron chi connectivity index (χ4n) is 4.03. The van der Waals surface area contributed by atoms with Crippen molar-refractivity contribution in [2.75, 3.05) is 6.61 Å². The molecule has 4 rings (SSSR count). The van der Waals surface area contributed by atoms with Gasteiger partial charge in [-0.3, -0.25) is 18.5 Å². The zero-order chi connectivity index (χ0) is 23.4. The molecule has 2 N–H and O–H groups in total. The van der Waals surface area contributed by atoms with Crippen LogP contribution in [0.3, 0.4) is 0 Å². The van der Waals surface area contributed by atoms with E-state index < -0.39 is 47.7 Å². The quantitative estimate of drug-likeness (QED) is 0.460. The predicted molar refractivity (Wildman–Crippen MR) is 119 cm³/mol. The van der Waals surface area contributed by atoms with Gasteiger partial charge in [-0.05, 0) is 24.6 Å². The lowest BCUT2D eigenvalue weighted by molar-refractivity contribution is -0.0487. The number of fused-ring (bicyclic) bond motifs is 2. The number of aliphatic hydroxyl groups excluding tert-OH is 1. The molecule has 1 unspecified atom stereocenters. The summed E-state index contributed by atoms with van der Waals surface area (Å²) in [5.41, 5.74) is 0.394. The number of rotatable bonds is 6. The van der Waals surface area contributed by atoms with Crippen LogP contribution in [0.2, 0.25) is 18.1 Å². The topological polar surface area (TPSA) is 138 Å². The number of hydrogen-bond acceptors (Lipinski definition) is 8. The van der Waals surface area contributed by atoms with Gasteiger partial charge in [-0.15, -0.1) is 0 Å².